The molecule has 3 N–H and O–H groups in total. The lowest BCUT2D eigenvalue weighted by atomic mass is 10.1. The van der Waals surface area contributed by atoms with Gasteiger partial charge in [0.05, 0.1) is 0 Å². The number of nitrogen functional groups attached to an aromatic ring is 1. The summed E-state index contributed by atoms with van der Waals surface area (Å²) in [5.74, 6) is -2.03. The van der Waals surface area contributed by atoms with Crippen LogP contribution in [0.3, 0.4) is 0 Å². The molecule has 1 atom stereocenters. The predicted molar refractivity (Wildman–Crippen MR) is 95.8 cm³/mol. The lowest BCUT2D eigenvalue weighted by Gasteiger charge is -2.38. The van der Waals surface area contributed by atoms with Crippen LogP contribution >= 0.6 is 0 Å². The van der Waals surface area contributed by atoms with Crippen molar-refractivity contribution in [2.45, 2.75) is 25.1 Å². The zero-order valence-electron chi connectivity index (χ0n) is 14.6. The molecule has 1 aromatic carbocycles. The molecule has 0 spiro atoms. The molecule has 0 amide bonds. The van der Waals surface area contributed by atoms with Crippen molar-refractivity contribution in [2.24, 2.45) is 0 Å². The number of halogens is 3. The summed E-state index contributed by atoms with van der Waals surface area (Å²) >= 11 is 0. The largest absolute Gasteiger partial charge is 0.451 e. The number of piperazine rings is 1. The monoisotopic (exact) mass is 379 g/mol. The lowest BCUT2D eigenvalue weighted by Crippen LogP contribution is -2.50. The number of nitrogens with zero attached hydrogens (tertiary/aromatic N) is 5. The second-order valence-corrected chi connectivity index (χ2v) is 6.79. The summed E-state index contributed by atoms with van der Waals surface area (Å²) in [7, 11) is 0. The summed E-state index contributed by atoms with van der Waals surface area (Å²) < 4.78 is 38.4. The zero-order valence-corrected chi connectivity index (χ0v) is 14.6. The molecule has 2 aliphatic heterocycles. The minimum Gasteiger partial charge on any atom is -0.369 e. The molecule has 144 valence electrons. The predicted octanol–water partition coefficient (Wildman–Crippen LogP) is 2.50. The van der Waals surface area contributed by atoms with Crippen LogP contribution in [0.15, 0.2) is 24.3 Å². The van der Waals surface area contributed by atoms with Crippen LogP contribution < -0.4 is 16.0 Å². The first-order valence-corrected chi connectivity index (χ1v) is 8.83. The molecule has 1 unspecified atom stereocenters. The second-order valence-electron chi connectivity index (χ2n) is 6.79. The van der Waals surface area contributed by atoms with E-state index in [1.54, 1.807) is 12.1 Å². The molecule has 2 fully saturated rings. The SMILES string of the molecule is Nc1nc(Nc2ccc(N3CCN4CCCC4C3)cc2)nc(C(F)(F)F)n1. The van der Waals surface area contributed by atoms with Gasteiger partial charge in [-0.1, -0.05) is 0 Å². The van der Waals surface area contributed by atoms with E-state index in [-0.39, 0.29) is 5.95 Å². The summed E-state index contributed by atoms with van der Waals surface area (Å²) in [6, 6.07) is 8.10. The Balaban J connectivity index is 1.46. The molecule has 10 heteroatoms. The molecule has 3 heterocycles. The van der Waals surface area contributed by atoms with Gasteiger partial charge < -0.3 is 16.0 Å². The third-order valence-corrected chi connectivity index (χ3v) is 4.98. The normalized spacial score (nSPS) is 20.6. The van der Waals surface area contributed by atoms with Crippen LogP contribution in [-0.4, -0.2) is 52.1 Å². The standard InChI is InChI=1S/C17H20F3N7/c18-17(19,20)14-23-15(21)25-16(24-14)22-11-3-5-12(6-4-11)27-9-8-26-7-1-2-13(26)10-27/h3-6,13H,1-2,7-10H2,(H3,21,22,23,24,25). The molecule has 2 saturated heterocycles. The molecule has 1 aromatic heterocycles. The van der Waals surface area contributed by atoms with Crippen molar-refractivity contribution < 1.29 is 13.2 Å². The summed E-state index contributed by atoms with van der Waals surface area (Å²) in [4.78, 5) is 15.1. The number of nitrogens with two attached hydrogens (primary N) is 1. The molecule has 0 bridgehead atoms. The fourth-order valence-electron chi connectivity index (χ4n) is 3.69. The maximum Gasteiger partial charge on any atom is 0.451 e. The van der Waals surface area contributed by atoms with Crippen LogP contribution in [-0.2, 0) is 6.18 Å². The Hall–Kier alpha value is -2.62. The number of benzene rings is 1. The second kappa shape index (κ2) is 6.84. The number of nitrogens with one attached hydrogen (secondary N) is 1. The van der Waals surface area contributed by atoms with Gasteiger partial charge in [-0.2, -0.15) is 28.1 Å². The van der Waals surface area contributed by atoms with Gasteiger partial charge in [-0.15, -0.1) is 0 Å². The summed E-state index contributed by atoms with van der Waals surface area (Å²) in [6.45, 7) is 4.24. The van der Waals surface area contributed by atoms with Gasteiger partial charge in [-0.25, -0.2) is 0 Å². The van der Waals surface area contributed by atoms with Gasteiger partial charge in [0.1, 0.15) is 0 Å². The van der Waals surface area contributed by atoms with Gasteiger partial charge in [-0.05, 0) is 43.7 Å². The van der Waals surface area contributed by atoms with E-state index < -0.39 is 17.9 Å². The highest BCUT2D eigenvalue weighted by molar-refractivity contribution is 5.60. The maximum absolute atomic E-state index is 12.8. The van der Waals surface area contributed by atoms with E-state index in [1.165, 1.54) is 19.4 Å². The number of hydrogen-bond acceptors (Lipinski definition) is 7. The van der Waals surface area contributed by atoms with Crippen LogP contribution in [0.25, 0.3) is 0 Å². The third-order valence-electron chi connectivity index (χ3n) is 4.98. The average molecular weight is 379 g/mol. The van der Waals surface area contributed by atoms with Gasteiger partial charge in [0.2, 0.25) is 17.7 Å². The Bertz CT molecular complexity index is 809. The molecule has 4 rings (SSSR count). The molecule has 0 aliphatic carbocycles. The first-order chi connectivity index (χ1) is 12.9. The van der Waals surface area contributed by atoms with Crippen LogP contribution in [0.1, 0.15) is 18.7 Å². The Morgan fingerprint density at radius 3 is 2.56 bits per heavy atom. The number of anilines is 4. The summed E-state index contributed by atoms with van der Waals surface area (Å²) in [6.07, 6.45) is -2.19. The highest BCUT2D eigenvalue weighted by atomic mass is 19.4. The van der Waals surface area contributed by atoms with Crippen LogP contribution in [0.5, 0.6) is 0 Å². The number of alkyl halides is 3. The topological polar surface area (TPSA) is 83.2 Å². The molecule has 2 aliphatic rings. The summed E-state index contributed by atoms with van der Waals surface area (Å²) in [5.41, 5.74) is 7.04. The zero-order chi connectivity index (χ0) is 19.0. The quantitative estimate of drug-likeness (QED) is 0.848. The maximum atomic E-state index is 12.8. The molecular weight excluding hydrogens is 359 g/mol. The van der Waals surface area contributed by atoms with Gasteiger partial charge in [0, 0.05) is 37.1 Å². The van der Waals surface area contributed by atoms with E-state index in [0.29, 0.717) is 11.7 Å². The molecule has 0 radical (unpaired) electrons. The van der Waals surface area contributed by atoms with Crippen molar-refractivity contribution in [3.05, 3.63) is 30.1 Å². The number of fused-ring (bicyclic) bond motifs is 1. The third kappa shape index (κ3) is 3.90. The molecule has 2 aromatic rings. The van der Waals surface area contributed by atoms with Crippen LogP contribution in [0.2, 0.25) is 0 Å². The minimum absolute atomic E-state index is 0.234. The van der Waals surface area contributed by atoms with E-state index in [2.05, 4.69) is 30.1 Å². The van der Waals surface area contributed by atoms with Gasteiger partial charge in [-0.3, -0.25) is 4.90 Å². The Morgan fingerprint density at radius 1 is 1.04 bits per heavy atom. The molecule has 0 saturated carbocycles. The van der Waals surface area contributed by atoms with Crippen molar-refractivity contribution in [1.82, 2.24) is 19.9 Å². The van der Waals surface area contributed by atoms with E-state index in [9.17, 15) is 13.2 Å². The fourth-order valence-corrected chi connectivity index (χ4v) is 3.69. The van der Waals surface area contributed by atoms with Gasteiger partial charge in [0.25, 0.3) is 0 Å². The summed E-state index contributed by atoms with van der Waals surface area (Å²) in [5, 5.41) is 2.76. The van der Waals surface area contributed by atoms with Crippen molar-refractivity contribution in [3.63, 3.8) is 0 Å². The number of hydrogen-bond donors (Lipinski definition) is 2. The Kier molecular flexibility index (Phi) is 4.50. The van der Waals surface area contributed by atoms with Crippen molar-refractivity contribution in [3.8, 4) is 0 Å². The highest BCUT2D eigenvalue weighted by Crippen LogP contribution is 2.29. The number of aromatic nitrogens is 3. The molecular formula is C17H20F3N7. The van der Waals surface area contributed by atoms with E-state index >= 15 is 0 Å². The van der Waals surface area contributed by atoms with Crippen molar-refractivity contribution in [1.29, 1.82) is 0 Å². The van der Waals surface area contributed by atoms with Gasteiger partial charge in [0.15, 0.2) is 0 Å². The smallest absolute Gasteiger partial charge is 0.369 e. The molecule has 27 heavy (non-hydrogen) atoms. The van der Waals surface area contributed by atoms with Crippen molar-refractivity contribution in [2.75, 3.05) is 42.1 Å². The molecule has 7 nitrogen and oxygen atoms in total. The Morgan fingerprint density at radius 2 is 1.81 bits per heavy atom. The highest BCUT2D eigenvalue weighted by Gasteiger charge is 2.35. The van der Waals surface area contributed by atoms with Crippen molar-refractivity contribution >= 4 is 23.3 Å². The first kappa shape index (κ1) is 17.8. The minimum atomic E-state index is -4.68. The van der Waals surface area contributed by atoms with E-state index in [1.807, 2.05) is 12.1 Å². The lowest BCUT2D eigenvalue weighted by molar-refractivity contribution is -0.144. The first-order valence-electron chi connectivity index (χ1n) is 8.83. The van der Waals surface area contributed by atoms with Gasteiger partial charge >= 0.3 is 6.18 Å². The van der Waals surface area contributed by atoms with E-state index in [4.69, 9.17) is 5.73 Å². The van der Waals surface area contributed by atoms with Crippen LogP contribution in [0.4, 0.5) is 36.4 Å². The van der Waals surface area contributed by atoms with Crippen LogP contribution in [0, 0.1) is 0 Å². The van der Waals surface area contributed by atoms with E-state index in [0.717, 1.165) is 25.3 Å². The Labute approximate surface area is 154 Å². The number of rotatable bonds is 3. The average Bonchev–Trinajstić information content (AvgIpc) is 3.09. The fraction of sp³-hybridized carbons (Fsp3) is 0.471.